The summed E-state index contributed by atoms with van der Waals surface area (Å²) >= 11 is 0. The molecule has 1 heterocycles. The van der Waals surface area contributed by atoms with E-state index in [1.165, 1.54) is 6.08 Å². The number of amides is 1. The maximum absolute atomic E-state index is 11.3. The summed E-state index contributed by atoms with van der Waals surface area (Å²) in [5.74, 6) is -1.70. The van der Waals surface area contributed by atoms with Gasteiger partial charge >= 0.3 is 5.97 Å². The molecular formula is C10H11N3O4. The highest BCUT2D eigenvalue weighted by Gasteiger charge is 2.09. The summed E-state index contributed by atoms with van der Waals surface area (Å²) in [6, 6.07) is 2.14. The van der Waals surface area contributed by atoms with E-state index in [0.29, 0.717) is 0 Å². The predicted octanol–water partition coefficient (Wildman–Crippen LogP) is -0.756. The second-order valence-corrected chi connectivity index (χ2v) is 3.11. The van der Waals surface area contributed by atoms with E-state index in [2.05, 4.69) is 17.0 Å². The molecule has 0 fully saturated rings. The van der Waals surface area contributed by atoms with Crippen molar-refractivity contribution in [2.75, 3.05) is 6.54 Å². The van der Waals surface area contributed by atoms with Crippen LogP contribution < -0.4 is 10.9 Å². The molecule has 17 heavy (non-hydrogen) atoms. The zero-order chi connectivity index (χ0) is 12.8. The van der Waals surface area contributed by atoms with Crippen molar-refractivity contribution >= 4 is 11.9 Å². The van der Waals surface area contributed by atoms with Crippen molar-refractivity contribution in [1.82, 2.24) is 15.1 Å². The van der Waals surface area contributed by atoms with Crippen molar-refractivity contribution < 1.29 is 14.7 Å². The Bertz CT molecular complexity index is 507. The van der Waals surface area contributed by atoms with Gasteiger partial charge in [0.1, 0.15) is 6.54 Å². The van der Waals surface area contributed by atoms with Crippen molar-refractivity contribution in [2.45, 2.75) is 6.54 Å². The molecule has 7 nitrogen and oxygen atoms in total. The number of aromatic nitrogens is 2. The number of carboxylic acid groups (broad SMARTS) is 1. The molecule has 0 radical (unpaired) electrons. The van der Waals surface area contributed by atoms with Crippen molar-refractivity contribution in [1.29, 1.82) is 0 Å². The number of carbonyl (C=O) groups is 2. The summed E-state index contributed by atoms with van der Waals surface area (Å²) in [5.41, 5.74) is -0.829. The average Bonchev–Trinajstić information content (AvgIpc) is 2.29. The topological polar surface area (TPSA) is 101 Å². The highest BCUT2D eigenvalue weighted by molar-refractivity contribution is 5.85. The van der Waals surface area contributed by atoms with E-state index in [-0.39, 0.29) is 18.8 Å². The second kappa shape index (κ2) is 5.59. The predicted molar refractivity (Wildman–Crippen MR) is 58.7 cm³/mol. The van der Waals surface area contributed by atoms with Crippen LogP contribution in [-0.4, -0.2) is 33.3 Å². The van der Waals surface area contributed by atoms with E-state index < -0.39 is 17.4 Å². The Morgan fingerprint density at radius 2 is 2.24 bits per heavy atom. The van der Waals surface area contributed by atoms with E-state index in [4.69, 9.17) is 5.11 Å². The van der Waals surface area contributed by atoms with E-state index in [1.54, 1.807) is 0 Å². The molecule has 1 amide bonds. The van der Waals surface area contributed by atoms with Crippen LogP contribution in [0, 0.1) is 0 Å². The van der Waals surface area contributed by atoms with E-state index >= 15 is 0 Å². The molecule has 0 aliphatic heterocycles. The SMILES string of the molecule is C=CCNC(=O)Cn1nc(C(=O)O)ccc1=O. The third kappa shape index (κ3) is 3.56. The van der Waals surface area contributed by atoms with E-state index in [0.717, 1.165) is 16.8 Å². The van der Waals surface area contributed by atoms with Crippen LogP contribution in [0.15, 0.2) is 29.6 Å². The van der Waals surface area contributed by atoms with Gasteiger partial charge in [-0.1, -0.05) is 6.08 Å². The lowest BCUT2D eigenvalue weighted by molar-refractivity contribution is -0.121. The van der Waals surface area contributed by atoms with Gasteiger partial charge in [-0.25, -0.2) is 9.48 Å². The molecule has 0 spiro atoms. The Labute approximate surface area is 96.4 Å². The number of aromatic carboxylic acids is 1. The van der Waals surface area contributed by atoms with Crippen LogP contribution in [0.5, 0.6) is 0 Å². The molecule has 0 saturated carbocycles. The number of carboxylic acids is 1. The third-order valence-corrected chi connectivity index (χ3v) is 1.82. The van der Waals surface area contributed by atoms with Crippen LogP contribution in [0.2, 0.25) is 0 Å². The second-order valence-electron chi connectivity index (χ2n) is 3.11. The van der Waals surface area contributed by atoms with Gasteiger partial charge in [0, 0.05) is 12.6 Å². The Balaban J connectivity index is 2.86. The van der Waals surface area contributed by atoms with Crippen LogP contribution in [0.25, 0.3) is 0 Å². The van der Waals surface area contributed by atoms with Gasteiger partial charge in [0.25, 0.3) is 5.56 Å². The largest absolute Gasteiger partial charge is 0.476 e. The maximum Gasteiger partial charge on any atom is 0.356 e. The van der Waals surface area contributed by atoms with Crippen LogP contribution in [0.3, 0.4) is 0 Å². The summed E-state index contributed by atoms with van der Waals surface area (Å²) in [4.78, 5) is 33.2. The molecule has 90 valence electrons. The van der Waals surface area contributed by atoms with Gasteiger partial charge < -0.3 is 10.4 Å². The minimum absolute atomic E-state index is 0.270. The number of rotatable bonds is 5. The highest BCUT2D eigenvalue weighted by Crippen LogP contribution is 1.89. The Morgan fingerprint density at radius 3 is 2.82 bits per heavy atom. The minimum atomic E-state index is -1.26. The normalized spacial score (nSPS) is 9.65. The zero-order valence-corrected chi connectivity index (χ0v) is 8.92. The first-order valence-corrected chi connectivity index (χ1v) is 4.73. The highest BCUT2D eigenvalue weighted by atomic mass is 16.4. The fourth-order valence-electron chi connectivity index (χ4n) is 1.05. The molecule has 0 aromatic carbocycles. The Kier molecular flexibility index (Phi) is 4.15. The quantitative estimate of drug-likeness (QED) is 0.656. The molecule has 0 aliphatic rings. The number of hydrogen-bond acceptors (Lipinski definition) is 4. The van der Waals surface area contributed by atoms with E-state index in [9.17, 15) is 14.4 Å². The van der Waals surface area contributed by atoms with Gasteiger partial charge in [0.2, 0.25) is 5.91 Å². The summed E-state index contributed by atoms with van der Waals surface area (Å²) in [6.07, 6.45) is 1.49. The van der Waals surface area contributed by atoms with Crippen LogP contribution >= 0.6 is 0 Å². The van der Waals surface area contributed by atoms with E-state index in [1.807, 2.05) is 0 Å². The average molecular weight is 237 g/mol. The number of carbonyl (C=O) groups excluding carboxylic acids is 1. The smallest absolute Gasteiger partial charge is 0.356 e. The lowest BCUT2D eigenvalue weighted by Gasteiger charge is -2.05. The molecule has 7 heteroatoms. The summed E-state index contributed by atoms with van der Waals surface area (Å²) in [6.45, 7) is 3.36. The lowest BCUT2D eigenvalue weighted by Crippen LogP contribution is -2.34. The number of nitrogens with zero attached hydrogens (tertiary/aromatic N) is 2. The van der Waals surface area contributed by atoms with Crippen molar-refractivity contribution in [3.8, 4) is 0 Å². The summed E-state index contributed by atoms with van der Waals surface area (Å²) in [7, 11) is 0. The standard InChI is InChI=1S/C10H11N3O4/c1-2-5-11-8(14)6-13-9(15)4-3-7(12-13)10(16)17/h2-4H,1,5-6H2,(H,11,14)(H,16,17). The van der Waals surface area contributed by atoms with Gasteiger partial charge in [-0.2, -0.15) is 5.10 Å². The van der Waals surface area contributed by atoms with Gasteiger partial charge in [-0.05, 0) is 6.07 Å². The van der Waals surface area contributed by atoms with Crippen molar-refractivity contribution in [3.05, 3.63) is 40.8 Å². The fourth-order valence-corrected chi connectivity index (χ4v) is 1.05. The van der Waals surface area contributed by atoms with Gasteiger partial charge in [0.05, 0.1) is 0 Å². The van der Waals surface area contributed by atoms with Crippen LogP contribution in [-0.2, 0) is 11.3 Å². The van der Waals surface area contributed by atoms with Gasteiger partial charge in [-0.3, -0.25) is 9.59 Å². The van der Waals surface area contributed by atoms with Gasteiger partial charge in [0.15, 0.2) is 5.69 Å². The van der Waals surface area contributed by atoms with Crippen molar-refractivity contribution in [2.24, 2.45) is 0 Å². The monoisotopic (exact) mass is 237 g/mol. The van der Waals surface area contributed by atoms with Crippen molar-refractivity contribution in [3.63, 3.8) is 0 Å². The maximum atomic E-state index is 11.3. The number of nitrogens with one attached hydrogen (secondary N) is 1. The number of hydrogen-bond donors (Lipinski definition) is 2. The first kappa shape index (κ1) is 12.6. The molecule has 1 aromatic heterocycles. The molecule has 1 rings (SSSR count). The molecule has 0 bridgehead atoms. The molecule has 1 aromatic rings. The minimum Gasteiger partial charge on any atom is -0.476 e. The first-order chi connectivity index (χ1) is 8.04. The molecule has 0 unspecified atom stereocenters. The zero-order valence-electron chi connectivity index (χ0n) is 8.92. The van der Waals surface area contributed by atoms with Crippen LogP contribution in [0.4, 0.5) is 0 Å². The molecule has 2 N–H and O–H groups in total. The first-order valence-electron chi connectivity index (χ1n) is 4.73. The molecule has 0 aliphatic carbocycles. The molecular weight excluding hydrogens is 226 g/mol. The van der Waals surface area contributed by atoms with Crippen LogP contribution in [0.1, 0.15) is 10.5 Å². The summed E-state index contributed by atoms with van der Waals surface area (Å²) < 4.78 is 0.794. The fraction of sp³-hybridized carbons (Fsp3) is 0.200. The molecule has 0 atom stereocenters. The Hall–Kier alpha value is -2.44. The van der Waals surface area contributed by atoms with Gasteiger partial charge in [-0.15, -0.1) is 6.58 Å². The lowest BCUT2D eigenvalue weighted by atomic mass is 10.4. The Morgan fingerprint density at radius 1 is 1.53 bits per heavy atom. The molecule has 0 saturated heterocycles. The third-order valence-electron chi connectivity index (χ3n) is 1.82. The summed E-state index contributed by atoms with van der Waals surface area (Å²) in [5, 5.41) is 14.7.